The van der Waals surface area contributed by atoms with Gasteiger partial charge in [-0.25, -0.2) is 9.99 Å². The minimum atomic E-state index is -1.79. The Morgan fingerprint density at radius 3 is 2.69 bits per heavy atom. The molecule has 0 bridgehead atoms. The number of nitrogens with one attached hydrogen (secondary N) is 1. The Labute approximate surface area is 219 Å². The van der Waals surface area contributed by atoms with E-state index in [9.17, 15) is 4.79 Å². The van der Waals surface area contributed by atoms with Crippen molar-refractivity contribution >= 4 is 55.8 Å². The molecular formula is C26H26ClFN4O2S2. The summed E-state index contributed by atoms with van der Waals surface area (Å²) >= 11 is 7.38. The second kappa shape index (κ2) is 9.15. The summed E-state index contributed by atoms with van der Waals surface area (Å²) in [5.74, 6) is 0.934. The number of oxazole rings is 1. The van der Waals surface area contributed by atoms with Crippen LogP contribution >= 0.6 is 33.2 Å². The van der Waals surface area contributed by atoms with Crippen LogP contribution in [0.15, 0.2) is 62.1 Å². The number of hydrazine groups is 1. The van der Waals surface area contributed by atoms with E-state index < -0.39 is 10.2 Å². The molecule has 1 saturated heterocycles. The molecule has 1 amide bonds. The smallest absolute Gasteiger partial charge is 0.265 e. The fraction of sp³-hybridized carbons (Fsp3) is 0.308. The van der Waals surface area contributed by atoms with Crippen LogP contribution in [0.2, 0.25) is 5.02 Å². The summed E-state index contributed by atoms with van der Waals surface area (Å²) in [6.07, 6.45) is 4.87. The van der Waals surface area contributed by atoms with Crippen LogP contribution in [-0.4, -0.2) is 39.9 Å². The van der Waals surface area contributed by atoms with E-state index in [4.69, 9.17) is 16.0 Å². The van der Waals surface area contributed by atoms with Gasteiger partial charge in [-0.05, 0) is 78.0 Å². The Bertz CT molecular complexity index is 1420. The zero-order valence-electron chi connectivity index (χ0n) is 20.0. The molecular weight excluding hydrogens is 519 g/mol. The number of halogens is 2. The molecule has 1 unspecified atom stereocenters. The van der Waals surface area contributed by atoms with Crippen LogP contribution in [0.5, 0.6) is 0 Å². The summed E-state index contributed by atoms with van der Waals surface area (Å²) in [5.41, 5.74) is 3.32. The van der Waals surface area contributed by atoms with E-state index in [0.717, 1.165) is 38.0 Å². The van der Waals surface area contributed by atoms with Crippen molar-refractivity contribution in [2.45, 2.75) is 35.3 Å². The molecule has 188 valence electrons. The maximum Gasteiger partial charge on any atom is 0.265 e. The van der Waals surface area contributed by atoms with E-state index in [1.807, 2.05) is 29.5 Å². The fourth-order valence-electron chi connectivity index (χ4n) is 4.87. The summed E-state index contributed by atoms with van der Waals surface area (Å²) in [4.78, 5) is 18.7. The molecule has 1 fully saturated rings. The van der Waals surface area contributed by atoms with Crippen LogP contribution in [0, 0.1) is 12.8 Å². The number of rotatable bonds is 6. The highest BCUT2D eigenvalue weighted by Crippen LogP contribution is 2.82. The van der Waals surface area contributed by atoms with Crippen LogP contribution in [0.25, 0.3) is 11.1 Å². The summed E-state index contributed by atoms with van der Waals surface area (Å²) < 4.78 is 23.0. The first-order valence-electron chi connectivity index (χ1n) is 11.9. The van der Waals surface area contributed by atoms with Crippen molar-refractivity contribution in [2.75, 3.05) is 24.7 Å². The maximum absolute atomic E-state index is 15.6. The molecule has 2 aliphatic heterocycles. The van der Waals surface area contributed by atoms with Crippen LogP contribution in [0.1, 0.15) is 34.0 Å². The van der Waals surface area contributed by atoms with Gasteiger partial charge in [0.25, 0.3) is 5.91 Å². The molecule has 0 aliphatic carbocycles. The van der Waals surface area contributed by atoms with Gasteiger partial charge in [0.15, 0.2) is 11.5 Å². The number of thiophene rings is 1. The number of nitrogens with zero attached hydrogens (tertiary/aromatic N) is 3. The molecule has 4 aromatic rings. The monoisotopic (exact) mass is 544 g/mol. The van der Waals surface area contributed by atoms with E-state index in [0.29, 0.717) is 46.6 Å². The third-order valence-electron chi connectivity index (χ3n) is 6.94. The first-order valence-corrected chi connectivity index (χ1v) is 15.1. The molecule has 1 N–H and O–H groups in total. The van der Waals surface area contributed by atoms with Crippen molar-refractivity contribution in [3.8, 4) is 0 Å². The molecule has 0 saturated carbocycles. The van der Waals surface area contributed by atoms with Gasteiger partial charge >= 0.3 is 0 Å². The molecule has 6 rings (SSSR count). The molecule has 0 spiro atoms. The van der Waals surface area contributed by atoms with Gasteiger partial charge in [0.05, 0.1) is 9.09 Å². The van der Waals surface area contributed by atoms with E-state index in [1.54, 1.807) is 25.1 Å². The second-order valence-corrected chi connectivity index (χ2v) is 14.1. The summed E-state index contributed by atoms with van der Waals surface area (Å²) in [6, 6.07) is 15.2. The molecule has 0 radical (unpaired) electrons. The van der Waals surface area contributed by atoms with Gasteiger partial charge in [0.2, 0.25) is 0 Å². The minimum absolute atomic E-state index is 0.193. The van der Waals surface area contributed by atoms with Gasteiger partial charge in [-0.2, -0.15) is 0 Å². The Morgan fingerprint density at radius 1 is 1.25 bits per heavy atom. The minimum Gasteiger partial charge on any atom is -0.441 e. The lowest BCUT2D eigenvalue weighted by Gasteiger charge is -2.39. The van der Waals surface area contributed by atoms with Gasteiger partial charge in [-0.1, -0.05) is 33.9 Å². The first kappa shape index (κ1) is 23.9. The highest BCUT2D eigenvalue weighted by Gasteiger charge is 2.53. The van der Waals surface area contributed by atoms with Gasteiger partial charge in [0, 0.05) is 35.6 Å². The third kappa shape index (κ3) is 4.33. The second-order valence-electron chi connectivity index (χ2n) is 9.46. The van der Waals surface area contributed by atoms with E-state index in [1.165, 1.54) is 16.9 Å². The normalized spacial score (nSPS) is 21.9. The molecule has 4 heterocycles. The number of aryl methyl sites for hydroxylation is 1. The van der Waals surface area contributed by atoms with E-state index in [2.05, 4.69) is 22.4 Å². The number of carbonyl (C=O) groups is 1. The van der Waals surface area contributed by atoms with E-state index in [-0.39, 0.29) is 5.91 Å². The number of hydrogen-bond acceptors (Lipinski definition) is 6. The van der Waals surface area contributed by atoms with Crippen molar-refractivity contribution < 1.29 is 13.7 Å². The fourth-order valence-corrected chi connectivity index (χ4v) is 9.87. The molecule has 2 aromatic carbocycles. The Balaban J connectivity index is 1.05. The number of piperidine rings is 1. The average molecular weight is 545 g/mol. The quantitative estimate of drug-likeness (QED) is 0.205. The standard InChI is InChI=1S/C26H26ClFN4O2S2/c1-16-29-21-14-20(7-8-22(21)34-16)30-25(33)23-15-24-26(35-23)36(24,2)32(28)31-11-9-18(10-12-31)13-17-3-5-19(27)6-4-17/h3-8,14-15,18H,9-13H2,1-2H3,(H,30,33). The zero-order chi connectivity index (χ0) is 25.0. The average Bonchev–Trinajstić information content (AvgIpc) is 3.21. The summed E-state index contributed by atoms with van der Waals surface area (Å²) in [5, 5.41) is 5.51. The van der Waals surface area contributed by atoms with Crippen LogP contribution in [0.4, 0.5) is 10.2 Å². The molecule has 6 nitrogen and oxygen atoms in total. The van der Waals surface area contributed by atoms with Crippen molar-refractivity contribution in [3.63, 3.8) is 0 Å². The number of anilines is 1. The number of fused-ring (bicyclic) bond motifs is 2. The first-order chi connectivity index (χ1) is 17.3. The van der Waals surface area contributed by atoms with E-state index >= 15 is 4.48 Å². The summed E-state index contributed by atoms with van der Waals surface area (Å²) in [6.45, 7) is 3.18. The number of benzene rings is 2. The lowest BCUT2D eigenvalue weighted by molar-refractivity contribution is -0.0960. The molecule has 1 atom stereocenters. The Kier molecular flexibility index (Phi) is 6.08. The topological polar surface area (TPSA) is 61.6 Å². The SMILES string of the molecule is Cc1nc2cc(NC(=O)c3cc4c(s3)S4(C)N(F)N3CCC(Cc4ccc(Cl)cc4)CC3)ccc2o1. The van der Waals surface area contributed by atoms with Crippen LogP contribution in [0.3, 0.4) is 0 Å². The number of amides is 1. The van der Waals surface area contributed by atoms with Gasteiger partial charge < -0.3 is 9.73 Å². The lowest BCUT2D eigenvalue weighted by atomic mass is 9.91. The van der Waals surface area contributed by atoms with Crippen LogP contribution < -0.4 is 5.32 Å². The van der Waals surface area contributed by atoms with Crippen molar-refractivity contribution in [2.24, 2.45) is 5.92 Å². The number of carbonyl (C=O) groups excluding carboxylic acids is 1. The number of hydrogen-bond donors (Lipinski definition) is 1. The van der Waals surface area contributed by atoms with Crippen molar-refractivity contribution in [3.05, 3.63) is 69.9 Å². The zero-order valence-corrected chi connectivity index (χ0v) is 22.4. The Hall–Kier alpha value is -2.43. The molecule has 2 aromatic heterocycles. The van der Waals surface area contributed by atoms with Gasteiger partial charge in [-0.3, -0.25) is 4.79 Å². The maximum atomic E-state index is 15.6. The Morgan fingerprint density at radius 2 is 2.00 bits per heavy atom. The largest absolute Gasteiger partial charge is 0.441 e. The van der Waals surface area contributed by atoms with Gasteiger partial charge in [0.1, 0.15) is 5.52 Å². The molecule has 36 heavy (non-hydrogen) atoms. The highest BCUT2D eigenvalue weighted by atomic mass is 35.5. The van der Waals surface area contributed by atoms with Crippen molar-refractivity contribution in [1.82, 2.24) is 14.6 Å². The summed E-state index contributed by atoms with van der Waals surface area (Å²) in [7, 11) is -1.79. The van der Waals surface area contributed by atoms with Crippen molar-refractivity contribution in [1.29, 1.82) is 0 Å². The third-order valence-corrected chi connectivity index (χ3v) is 12.2. The molecule has 10 heteroatoms. The predicted molar refractivity (Wildman–Crippen MR) is 143 cm³/mol. The number of aromatic nitrogens is 1. The lowest BCUT2D eigenvalue weighted by Crippen LogP contribution is -2.42. The van der Waals surface area contributed by atoms with Crippen LogP contribution in [-0.2, 0) is 6.42 Å². The van der Waals surface area contributed by atoms with Gasteiger partial charge in [-0.15, -0.1) is 15.8 Å². The molecule has 2 aliphatic rings. The predicted octanol–water partition coefficient (Wildman–Crippen LogP) is 7.24. The highest BCUT2D eigenvalue weighted by molar-refractivity contribution is 8.37.